The van der Waals surface area contributed by atoms with Crippen molar-refractivity contribution in [3.8, 4) is 5.75 Å². The highest BCUT2D eigenvalue weighted by molar-refractivity contribution is 7.89. The Morgan fingerprint density at radius 3 is 2.56 bits per heavy atom. The SMILES string of the molecule is CCCNS(=O)(=O)c1cc(C(=O)Nc2ccccc2Cl)ccc1OC. The minimum absolute atomic E-state index is 0.0877. The van der Waals surface area contributed by atoms with Crippen LogP contribution < -0.4 is 14.8 Å². The van der Waals surface area contributed by atoms with E-state index in [0.29, 0.717) is 23.7 Å². The van der Waals surface area contributed by atoms with Gasteiger partial charge in [0.2, 0.25) is 10.0 Å². The number of carbonyl (C=O) groups excluding carboxylic acids is 1. The molecule has 0 fully saturated rings. The summed E-state index contributed by atoms with van der Waals surface area (Å²) in [4.78, 5) is 12.3. The zero-order chi connectivity index (χ0) is 18.4. The zero-order valence-electron chi connectivity index (χ0n) is 13.9. The van der Waals surface area contributed by atoms with Crippen LogP contribution in [-0.4, -0.2) is 28.0 Å². The molecular weight excluding hydrogens is 364 g/mol. The molecule has 0 spiro atoms. The van der Waals surface area contributed by atoms with Crippen LogP contribution in [0.4, 0.5) is 5.69 Å². The minimum atomic E-state index is -3.78. The van der Waals surface area contributed by atoms with Crippen molar-refractivity contribution in [1.82, 2.24) is 4.72 Å². The van der Waals surface area contributed by atoms with Gasteiger partial charge in [-0.05, 0) is 36.8 Å². The summed E-state index contributed by atoms with van der Waals surface area (Å²) in [6.07, 6.45) is 0.647. The van der Waals surface area contributed by atoms with E-state index < -0.39 is 15.9 Å². The predicted octanol–water partition coefficient (Wildman–Crippen LogP) is 3.29. The molecule has 8 heteroatoms. The number of amides is 1. The first-order chi connectivity index (χ1) is 11.9. The second-order valence-electron chi connectivity index (χ2n) is 5.20. The number of ether oxygens (including phenoxy) is 1. The molecule has 0 heterocycles. The van der Waals surface area contributed by atoms with Gasteiger partial charge in [-0.1, -0.05) is 30.7 Å². The van der Waals surface area contributed by atoms with Gasteiger partial charge in [-0.3, -0.25) is 4.79 Å². The molecule has 0 radical (unpaired) electrons. The third-order valence-electron chi connectivity index (χ3n) is 3.38. The Morgan fingerprint density at radius 2 is 1.92 bits per heavy atom. The van der Waals surface area contributed by atoms with Gasteiger partial charge in [0.25, 0.3) is 5.91 Å². The van der Waals surface area contributed by atoms with Crippen LogP contribution in [0.1, 0.15) is 23.7 Å². The summed E-state index contributed by atoms with van der Waals surface area (Å²) in [6, 6.07) is 11.0. The third-order valence-corrected chi connectivity index (χ3v) is 5.19. The molecule has 134 valence electrons. The molecule has 2 aromatic carbocycles. The van der Waals surface area contributed by atoms with E-state index in [9.17, 15) is 13.2 Å². The molecule has 2 aromatic rings. The van der Waals surface area contributed by atoms with Gasteiger partial charge in [0, 0.05) is 12.1 Å². The van der Waals surface area contributed by atoms with Gasteiger partial charge in [-0.15, -0.1) is 0 Å². The van der Waals surface area contributed by atoms with Crippen LogP contribution in [0.15, 0.2) is 47.4 Å². The molecule has 2 N–H and O–H groups in total. The Morgan fingerprint density at radius 1 is 1.20 bits per heavy atom. The van der Waals surface area contributed by atoms with Crippen LogP contribution in [0.3, 0.4) is 0 Å². The smallest absolute Gasteiger partial charge is 0.255 e. The third kappa shape index (κ3) is 4.72. The molecule has 25 heavy (non-hydrogen) atoms. The number of benzene rings is 2. The van der Waals surface area contributed by atoms with Gasteiger partial charge in [0.1, 0.15) is 10.6 Å². The maximum Gasteiger partial charge on any atom is 0.255 e. The Labute approximate surface area is 152 Å². The molecule has 0 saturated carbocycles. The topological polar surface area (TPSA) is 84.5 Å². The van der Waals surface area contributed by atoms with Crippen LogP contribution in [0.2, 0.25) is 5.02 Å². The van der Waals surface area contributed by atoms with Gasteiger partial charge < -0.3 is 10.1 Å². The minimum Gasteiger partial charge on any atom is -0.495 e. The highest BCUT2D eigenvalue weighted by atomic mass is 35.5. The second kappa shape index (κ2) is 8.33. The standard InChI is InChI=1S/C17H19ClN2O4S/c1-3-10-19-25(22,23)16-11-12(8-9-15(16)24-2)17(21)20-14-7-5-4-6-13(14)18/h4-9,11,19H,3,10H2,1-2H3,(H,20,21). The predicted molar refractivity (Wildman–Crippen MR) is 97.9 cm³/mol. The van der Waals surface area contributed by atoms with Crippen LogP contribution in [0.5, 0.6) is 5.75 Å². The van der Waals surface area contributed by atoms with Crippen molar-refractivity contribution < 1.29 is 17.9 Å². The Hall–Kier alpha value is -2.09. The quantitative estimate of drug-likeness (QED) is 0.769. The number of hydrogen-bond donors (Lipinski definition) is 2. The first-order valence-electron chi connectivity index (χ1n) is 7.62. The first kappa shape index (κ1) is 19.2. The van der Waals surface area contributed by atoms with E-state index in [0.717, 1.165) is 0 Å². The lowest BCUT2D eigenvalue weighted by atomic mass is 10.2. The number of halogens is 1. The summed E-state index contributed by atoms with van der Waals surface area (Å²) in [5.41, 5.74) is 0.621. The maximum atomic E-state index is 12.4. The Bertz CT molecular complexity index is 869. The van der Waals surface area contributed by atoms with Crippen LogP contribution in [-0.2, 0) is 10.0 Å². The lowest BCUT2D eigenvalue weighted by molar-refractivity contribution is 0.102. The normalized spacial score (nSPS) is 11.2. The highest BCUT2D eigenvalue weighted by Crippen LogP contribution is 2.26. The number of rotatable bonds is 7. The Balaban J connectivity index is 2.35. The summed E-state index contributed by atoms with van der Waals surface area (Å²) < 4.78 is 32.4. The van der Waals surface area contributed by atoms with Crippen molar-refractivity contribution in [1.29, 1.82) is 0 Å². The van der Waals surface area contributed by atoms with E-state index >= 15 is 0 Å². The second-order valence-corrected chi connectivity index (χ2v) is 7.34. The van der Waals surface area contributed by atoms with Gasteiger partial charge >= 0.3 is 0 Å². The highest BCUT2D eigenvalue weighted by Gasteiger charge is 2.21. The fourth-order valence-corrected chi connectivity index (χ4v) is 3.61. The summed E-state index contributed by atoms with van der Waals surface area (Å²) >= 11 is 6.02. The van der Waals surface area contributed by atoms with Crippen molar-refractivity contribution in [3.05, 3.63) is 53.1 Å². The molecule has 0 aliphatic rings. The van der Waals surface area contributed by atoms with Crippen molar-refractivity contribution in [2.45, 2.75) is 18.2 Å². The van der Waals surface area contributed by atoms with Crippen molar-refractivity contribution in [2.75, 3.05) is 19.0 Å². The molecule has 1 amide bonds. The number of methoxy groups -OCH3 is 1. The monoisotopic (exact) mass is 382 g/mol. The van der Waals surface area contributed by atoms with E-state index in [1.54, 1.807) is 24.3 Å². The average molecular weight is 383 g/mol. The first-order valence-corrected chi connectivity index (χ1v) is 9.48. The number of sulfonamides is 1. The molecule has 0 aromatic heterocycles. The number of anilines is 1. The fourth-order valence-electron chi connectivity index (χ4n) is 2.10. The fraction of sp³-hybridized carbons (Fsp3) is 0.235. The molecule has 0 aliphatic carbocycles. The number of nitrogens with one attached hydrogen (secondary N) is 2. The van der Waals surface area contributed by atoms with Crippen molar-refractivity contribution in [2.24, 2.45) is 0 Å². The van der Waals surface area contributed by atoms with E-state index in [-0.39, 0.29) is 16.2 Å². The average Bonchev–Trinajstić information content (AvgIpc) is 2.61. The molecule has 0 bridgehead atoms. The molecule has 0 aliphatic heterocycles. The van der Waals surface area contributed by atoms with Crippen molar-refractivity contribution >= 4 is 33.2 Å². The maximum absolute atomic E-state index is 12.4. The summed E-state index contributed by atoms with van der Waals surface area (Å²) in [6.45, 7) is 2.15. The number of hydrogen-bond acceptors (Lipinski definition) is 4. The summed E-state index contributed by atoms with van der Waals surface area (Å²) in [7, 11) is -2.41. The molecule has 2 rings (SSSR count). The largest absolute Gasteiger partial charge is 0.495 e. The van der Waals surface area contributed by atoms with Crippen LogP contribution in [0.25, 0.3) is 0 Å². The summed E-state index contributed by atoms with van der Waals surface area (Å²) in [5, 5.41) is 3.05. The zero-order valence-corrected chi connectivity index (χ0v) is 15.4. The number of carbonyl (C=O) groups is 1. The van der Waals surface area contributed by atoms with Gasteiger partial charge in [0.05, 0.1) is 17.8 Å². The van der Waals surface area contributed by atoms with Gasteiger partial charge in [0.15, 0.2) is 0 Å². The van der Waals surface area contributed by atoms with E-state index in [4.69, 9.17) is 16.3 Å². The molecular formula is C17H19ClN2O4S. The van der Waals surface area contributed by atoms with Gasteiger partial charge in [-0.2, -0.15) is 0 Å². The molecule has 0 unspecified atom stereocenters. The molecule has 0 saturated heterocycles. The molecule has 0 atom stereocenters. The van der Waals surface area contributed by atoms with Gasteiger partial charge in [-0.25, -0.2) is 13.1 Å². The van der Waals surface area contributed by atoms with Crippen LogP contribution >= 0.6 is 11.6 Å². The number of para-hydroxylation sites is 1. The van der Waals surface area contributed by atoms with E-state index in [1.807, 2.05) is 6.92 Å². The Kier molecular flexibility index (Phi) is 6.41. The van der Waals surface area contributed by atoms with E-state index in [1.165, 1.54) is 25.3 Å². The summed E-state index contributed by atoms with van der Waals surface area (Å²) in [5.74, 6) is -0.305. The lowest BCUT2D eigenvalue weighted by Crippen LogP contribution is -2.25. The van der Waals surface area contributed by atoms with E-state index in [2.05, 4.69) is 10.0 Å². The van der Waals surface area contributed by atoms with Crippen LogP contribution in [0, 0.1) is 0 Å². The van der Waals surface area contributed by atoms with Crippen molar-refractivity contribution in [3.63, 3.8) is 0 Å². The molecule has 6 nitrogen and oxygen atoms in total. The lowest BCUT2D eigenvalue weighted by Gasteiger charge is -2.12.